The number of halogens is 1. The van der Waals surface area contributed by atoms with Gasteiger partial charge in [0, 0.05) is 29.8 Å². The summed E-state index contributed by atoms with van der Waals surface area (Å²) in [5.41, 5.74) is 14.4. The molecule has 0 bridgehead atoms. The Morgan fingerprint density at radius 1 is 0.714 bits per heavy atom. The van der Waals surface area contributed by atoms with Gasteiger partial charge in [-0.2, -0.15) is 0 Å². The van der Waals surface area contributed by atoms with E-state index in [9.17, 15) is 14.4 Å². The van der Waals surface area contributed by atoms with Gasteiger partial charge in [0.2, 0.25) is 5.91 Å². The van der Waals surface area contributed by atoms with Crippen molar-refractivity contribution in [1.82, 2.24) is 5.32 Å². The fourth-order valence-corrected chi connectivity index (χ4v) is 7.16. The highest BCUT2D eigenvalue weighted by Crippen LogP contribution is 2.36. The maximum Gasteiger partial charge on any atom is 0.251 e. The van der Waals surface area contributed by atoms with Crippen LogP contribution < -0.4 is 10.6 Å². The van der Waals surface area contributed by atoms with Crippen molar-refractivity contribution in [2.45, 2.75) is 60.3 Å². The van der Waals surface area contributed by atoms with Gasteiger partial charge in [0.15, 0.2) is 0 Å². The molecule has 250 valence electrons. The zero-order valence-corrected chi connectivity index (χ0v) is 29.8. The second-order valence-electron chi connectivity index (χ2n) is 13.0. The van der Waals surface area contributed by atoms with Crippen LogP contribution in [0.15, 0.2) is 91.0 Å². The lowest BCUT2D eigenvalue weighted by Crippen LogP contribution is -2.25. The predicted molar refractivity (Wildman–Crippen MR) is 202 cm³/mol. The van der Waals surface area contributed by atoms with E-state index in [0.717, 1.165) is 45.2 Å². The highest BCUT2D eigenvalue weighted by molar-refractivity contribution is 6.33. The second-order valence-corrected chi connectivity index (χ2v) is 13.4. The minimum atomic E-state index is -0.512. The summed E-state index contributed by atoms with van der Waals surface area (Å²) >= 11 is 6.85. The Balaban J connectivity index is 1.44. The van der Waals surface area contributed by atoms with Crippen molar-refractivity contribution in [3.63, 3.8) is 0 Å². The third kappa shape index (κ3) is 8.36. The molecule has 1 unspecified atom stereocenters. The summed E-state index contributed by atoms with van der Waals surface area (Å²) in [5, 5.41) is 6.44. The molecule has 2 amide bonds. The smallest absolute Gasteiger partial charge is 0.251 e. The van der Waals surface area contributed by atoms with E-state index in [1.807, 2.05) is 42.5 Å². The third-order valence-electron chi connectivity index (χ3n) is 8.98. The first-order chi connectivity index (χ1) is 23.4. The van der Waals surface area contributed by atoms with E-state index in [4.69, 9.17) is 11.6 Å². The molecule has 0 aliphatic rings. The molecule has 6 heteroatoms. The summed E-state index contributed by atoms with van der Waals surface area (Å²) in [7, 11) is 0. The summed E-state index contributed by atoms with van der Waals surface area (Å²) in [6, 6.07) is 29.9. The standard InChI is InChI=1S/C43H43ClN2O3/c1-26-20-28(3)40(29(4)21-26)34-14-12-33(13-15-34)38(24-32-8-10-35(11-9-32)42(48)45-18-7-19-47)43(49)46-36-16-17-37(39(44)25-36)41-30(5)22-27(2)23-31(41)6/h8-17,19-23,25,38H,7,18,24H2,1-6H3,(H,45,48)(H,46,49). The van der Waals surface area contributed by atoms with E-state index in [1.54, 1.807) is 12.1 Å². The van der Waals surface area contributed by atoms with Crippen LogP contribution in [0.25, 0.3) is 22.3 Å². The average Bonchev–Trinajstić information content (AvgIpc) is 3.04. The van der Waals surface area contributed by atoms with Crippen LogP contribution in [0.4, 0.5) is 5.69 Å². The summed E-state index contributed by atoms with van der Waals surface area (Å²) in [6.45, 7) is 12.9. The molecule has 5 rings (SSSR count). The third-order valence-corrected chi connectivity index (χ3v) is 9.29. The quantitative estimate of drug-likeness (QED) is 0.109. The molecule has 2 N–H and O–H groups in total. The fraction of sp³-hybridized carbons (Fsp3) is 0.233. The number of carbonyl (C=O) groups is 3. The van der Waals surface area contributed by atoms with E-state index in [0.29, 0.717) is 29.2 Å². The monoisotopic (exact) mass is 670 g/mol. The van der Waals surface area contributed by atoms with Crippen LogP contribution in [-0.4, -0.2) is 24.6 Å². The van der Waals surface area contributed by atoms with Crippen molar-refractivity contribution >= 4 is 35.4 Å². The molecule has 0 saturated heterocycles. The number of rotatable bonds is 11. The molecule has 0 aromatic heterocycles. The SMILES string of the molecule is Cc1cc(C)c(-c2ccc(C(Cc3ccc(C(=O)NCCC=O)cc3)C(=O)Nc3ccc(-c4c(C)cc(C)cc4C)c(Cl)c3)cc2)c(C)c1. The Morgan fingerprint density at radius 3 is 1.84 bits per heavy atom. The number of aryl methyl sites for hydroxylation is 6. The molecule has 5 aromatic rings. The number of nitrogens with one attached hydrogen (secondary N) is 2. The van der Waals surface area contributed by atoms with Crippen molar-refractivity contribution in [3.8, 4) is 22.3 Å². The first-order valence-electron chi connectivity index (χ1n) is 16.6. The molecule has 0 fully saturated rings. The van der Waals surface area contributed by atoms with Gasteiger partial charge < -0.3 is 15.4 Å². The minimum absolute atomic E-state index is 0.155. The van der Waals surface area contributed by atoms with Crippen molar-refractivity contribution < 1.29 is 14.4 Å². The van der Waals surface area contributed by atoms with Crippen LogP contribution in [-0.2, 0) is 16.0 Å². The van der Waals surface area contributed by atoms with Gasteiger partial charge in [-0.3, -0.25) is 9.59 Å². The molecule has 0 saturated carbocycles. The molecule has 0 aliphatic heterocycles. The Hall–Kier alpha value is -5.00. The number of hydrogen-bond donors (Lipinski definition) is 2. The lowest BCUT2D eigenvalue weighted by molar-refractivity contribution is -0.117. The molecule has 0 aliphatic carbocycles. The highest BCUT2D eigenvalue weighted by atomic mass is 35.5. The van der Waals surface area contributed by atoms with Gasteiger partial charge in [-0.15, -0.1) is 0 Å². The zero-order chi connectivity index (χ0) is 35.2. The van der Waals surface area contributed by atoms with Crippen molar-refractivity contribution in [2.24, 2.45) is 0 Å². The number of aldehydes is 1. The van der Waals surface area contributed by atoms with Crippen LogP contribution in [0.1, 0.15) is 67.2 Å². The van der Waals surface area contributed by atoms with E-state index in [2.05, 4.69) is 88.6 Å². The van der Waals surface area contributed by atoms with Gasteiger partial charge >= 0.3 is 0 Å². The molecule has 5 nitrogen and oxygen atoms in total. The number of carbonyl (C=O) groups excluding carboxylic acids is 3. The molecular weight excluding hydrogens is 628 g/mol. The molecule has 0 spiro atoms. The normalized spacial score (nSPS) is 11.6. The summed E-state index contributed by atoms with van der Waals surface area (Å²) in [5.74, 6) is -0.907. The molecular formula is C43H43ClN2O3. The van der Waals surface area contributed by atoms with E-state index in [-0.39, 0.29) is 18.2 Å². The van der Waals surface area contributed by atoms with Crippen LogP contribution in [0.5, 0.6) is 0 Å². The lowest BCUT2D eigenvalue weighted by Gasteiger charge is -2.20. The summed E-state index contributed by atoms with van der Waals surface area (Å²) in [4.78, 5) is 37.2. The van der Waals surface area contributed by atoms with Gasteiger partial charge in [0.05, 0.1) is 10.9 Å². The molecule has 0 radical (unpaired) electrons. The zero-order valence-electron chi connectivity index (χ0n) is 29.0. The van der Waals surface area contributed by atoms with Gasteiger partial charge in [0.1, 0.15) is 6.29 Å². The summed E-state index contributed by atoms with van der Waals surface area (Å²) in [6.07, 6.45) is 1.47. The molecule has 0 heterocycles. The Bertz CT molecular complexity index is 1970. The fourth-order valence-electron chi connectivity index (χ4n) is 6.88. The van der Waals surface area contributed by atoms with Gasteiger partial charge in [0.25, 0.3) is 5.91 Å². The van der Waals surface area contributed by atoms with E-state index >= 15 is 0 Å². The highest BCUT2D eigenvalue weighted by Gasteiger charge is 2.23. The van der Waals surface area contributed by atoms with Crippen molar-refractivity contribution in [3.05, 3.63) is 146 Å². The lowest BCUT2D eigenvalue weighted by atomic mass is 9.88. The van der Waals surface area contributed by atoms with Crippen LogP contribution in [0.3, 0.4) is 0 Å². The topological polar surface area (TPSA) is 75.3 Å². The minimum Gasteiger partial charge on any atom is -0.352 e. The Labute approximate surface area is 294 Å². The number of benzene rings is 5. The van der Waals surface area contributed by atoms with Crippen LogP contribution in [0, 0.1) is 41.5 Å². The van der Waals surface area contributed by atoms with Crippen molar-refractivity contribution in [2.75, 3.05) is 11.9 Å². The predicted octanol–water partition coefficient (Wildman–Crippen LogP) is 9.81. The van der Waals surface area contributed by atoms with E-state index in [1.165, 1.54) is 27.8 Å². The maximum absolute atomic E-state index is 14.1. The molecule has 1 atom stereocenters. The van der Waals surface area contributed by atoms with Gasteiger partial charge in [-0.05, 0) is 122 Å². The molecule has 49 heavy (non-hydrogen) atoms. The Kier molecular flexibility index (Phi) is 11.2. The molecule has 5 aromatic carbocycles. The maximum atomic E-state index is 14.1. The van der Waals surface area contributed by atoms with Crippen molar-refractivity contribution in [1.29, 1.82) is 0 Å². The van der Waals surface area contributed by atoms with Crippen LogP contribution in [0.2, 0.25) is 5.02 Å². The number of anilines is 1. The summed E-state index contributed by atoms with van der Waals surface area (Å²) < 4.78 is 0. The van der Waals surface area contributed by atoms with Gasteiger partial charge in [-0.1, -0.05) is 89.5 Å². The first-order valence-corrected chi connectivity index (χ1v) is 17.0. The number of hydrogen-bond acceptors (Lipinski definition) is 3. The first kappa shape index (κ1) is 35.3. The second kappa shape index (κ2) is 15.5. The van der Waals surface area contributed by atoms with Gasteiger partial charge in [-0.25, -0.2) is 0 Å². The number of amides is 2. The van der Waals surface area contributed by atoms with Crippen LogP contribution >= 0.6 is 11.6 Å². The Morgan fingerprint density at radius 2 is 1.29 bits per heavy atom. The van der Waals surface area contributed by atoms with E-state index < -0.39 is 5.92 Å². The average molecular weight is 671 g/mol. The largest absolute Gasteiger partial charge is 0.352 e.